The molecule has 0 aliphatic carbocycles. The number of hydrogen-bond acceptors (Lipinski definition) is 3. The molecule has 2 aliphatic heterocycles. The number of aliphatic carboxylic acids is 1. The van der Waals surface area contributed by atoms with E-state index < -0.39 is 12.0 Å². The van der Waals surface area contributed by atoms with E-state index >= 15 is 0 Å². The van der Waals surface area contributed by atoms with Gasteiger partial charge in [0.1, 0.15) is 6.04 Å². The fourth-order valence-corrected chi connectivity index (χ4v) is 3.10. The first kappa shape index (κ1) is 15.6. The minimum atomic E-state index is -1.01. The number of carboxylic acid groups (broad SMARTS) is 1. The van der Waals surface area contributed by atoms with Crippen LogP contribution in [0.1, 0.15) is 39.0 Å². The van der Waals surface area contributed by atoms with Gasteiger partial charge in [0.05, 0.1) is 12.0 Å². The lowest BCUT2D eigenvalue weighted by molar-refractivity contribution is -0.139. The molecule has 118 valence electrons. The number of carbonyl (C=O) groups is 3. The third-order valence-electron chi connectivity index (χ3n) is 4.30. The Morgan fingerprint density at radius 2 is 2.29 bits per heavy atom. The van der Waals surface area contributed by atoms with Crippen LogP contribution in [0.25, 0.3) is 0 Å². The summed E-state index contributed by atoms with van der Waals surface area (Å²) in [5, 5.41) is 14.6. The molecule has 2 aliphatic rings. The SMILES string of the molecule is CCCCC(NC(=O)N1CCCC2C(=O)NCC21)C(=O)O. The van der Waals surface area contributed by atoms with Crippen molar-refractivity contribution in [3.05, 3.63) is 0 Å². The van der Waals surface area contributed by atoms with E-state index in [0.29, 0.717) is 19.5 Å². The lowest BCUT2D eigenvalue weighted by atomic mass is 9.92. The van der Waals surface area contributed by atoms with Crippen LogP contribution in [0.4, 0.5) is 4.79 Å². The fraction of sp³-hybridized carbons (Fsp3) is 0.786. The maximum Gasteiger partial charge on any atom is 0.326 e. The highest BCUT2D eigenvalue weighted by Gasteiger charge is 2.43. The molecule has 3 atom stereocenters. The van der Waals surface area contributed by atoms with Crippen molar-refractivity contribution >= 4 is 17.9 Å². The van der Waals surface area contributed by atoms with Gasteiger partial charge in [0, 0.05) is 13.1 Å². The molecule has 3 amide bonds. The van der Waals surface area contributed by atoms with Crippen LogP contribution in [-0.4, -0.2) is 53.1 Å². The Morgan fingerprint density at radius 1 is 1.52 bits per heavy atom. The average molecular weight is 297 g/mol. The Morgan fingerprint density at radius 3 is 2.95 bits per heavy atom. The van der Waals surface area contributed by atoms with Crippen molar-refractivity contribution < 1.29 is 19.5 Å². The molecular weight excluding hydrogens is 274 g/mol. The van der Waals surface area contributed by atoms with Crippen molar-refractivity contribution in [2.45, 2.75) is 51.1 Å². The number of rotatable bonds is 5. The van der Waals surface area contributed by atoms with E-state index in [1.165, 1.54) is 0 Å². The summed E-state index contributed by atoms with van der Waals surface area (Å²) < 4.78 is 0. The van der Waals surface area contributed by atoms with Crippen molar-refractivity contribution in [3.63, 3.8) is 0 Å². The van der Waals surface area contributed by atoms with Crippen LogP contribution in [0.5, 0.6) is 0 Å². The molecule has 2 rings (SSSR count). The number of hydrogen-bond donors (Lipinski definition) is 3. The Bertz CT molecular complexity index is 426. The molecule has 2 saturated heterocycles. The van der Waals surface area contributed by atoms with Crippen molar-refractivity contribution in [1.82, 2.24) is 15.5 Å². The number of nitrogens with zero attached hydrogens (tertiary/aromatic N) is 1. The van der Waals surface area contributed by atoms with Crippen LogP contribution in [0.15, 0.2) is 0 Å². The number of piperidine rings is 1. The molecule has 0 saturated carbocycles. The Labute approximate surface area is 124 Å². The Balaban J connectivity index is 1.98. The number of carboxylic acids is 1. The summed E-state index contributed by atoms with van der Waals surface area (Å²) in [4.78, 5) is 36.8. The highest BCUT2D eigenvalue weighted by atomic mass is 16.4. The van der Waals surface area contributed by atoms with Crippen LogP contribution < -0.4 is 10.6 Å². The highest BCUT2D eigenvalue weighted by Crippen LogP contribution is 2.27. The second-order valence-corrected chi connectivity index (χ2v) is 5.74. The Kier molecular flexibility index (Phi) is 5.03. The van der Waals surface area contributed by atoms with Crippen molar-refractivity contribution in [2.24, 2.45) is 5.92 Å². The maximum atomic E-state index is 12.3. The first-order valence-corrected chi connectivity index (χ1v) is 7.62. The summed E-state index contributed by atoms with van der Waals surface area (Å²) in [5.41, 5.74) is 0. The quantitative estimate of drug-likeness (QED) is 0.690. The van der Waals surface area contributed by atoms with Gasteiger partial charge in [-0.3, -0.25) is 4.79 Å². The molecule has 7 heteroatoms. The number of amides is 3. The first-order chi connectivity index (χ1) is 10.0. The van der Waals surface area contributed by atoms with Gasteiger partial charge in [-0.25, -0.2) is 9.59 Å². The molecule has 0 aromatic heterocycles. The molecule has 0 bridgehead atoms. The van der Waals surface area contributed by atoms with E-state index in [1.807, 2.05) is 6.92 Å². The van der Waals surface area contributed by atoms with E-state index in [-0.39, 0.29) is 23.9 Å². The van der Waals surface area contributed by atoms with Crippen molar-refractivity contribution in [1.29, 1.82) is 0 Å². The van der Waals surface area contributed by atoms with Gasteiger partial charge in [0.25, 0.3) is 0 Å². The van der Waals surface area contributed by atoms with Gasteiger partial charge in [0.15, 0.2) is 0 Å². The van der Waals surface area contributed by atoms with Gasteiger partial charge in [0.2, 0.25) is 5.91 Å². The summed E-state index contributed by atoms with van der Waals surface area (Å²) in [6, 6.07) is -1.38. The number of nitrogens with one attached hydrogen (secondary N) is 2. The van der Waals surface area contributed by atoms with Gasteiger partial charge in [-0.05, 0) is 19.3 Å². The normalized spacial score (nSPS) is 26.0. The number of carbonyl (C=O) groups excluding carboxylic acids is 2. The summed E-state index contributed by atoms with van der Waals surface area (Å²) >= 11 is 0. The predicted octanol–water partition coefficient (Wildman–Crippen LogP) is 0.550. The Hall–Kier alpha value is -1.79. The summed E-state index contributed by atoms with van der Waals surface area (Å²) in [5.74, 6) is -1.16. The third-order valence-corrected chi connectivity index (χ3v) is 4.30. The molecular formula is C14H23N3O4. The first-order valence-electron chi connectivity index (χ1n) is 7.62. The van der Waals surface area contributed by atoms with Crippen LogP contribution in [-0.2, 0) is 9.59 Å². The molecule has 0 aromatic carbocycles. The molecule has 21 heavy (non-hydrogen) atoms. The molecule has 3 unspecified atom stereocenters. The van der Waals surface area contributed by atoms with Gasteiger partial charge in [-0.1, -0.05) is 19.8 Å². The third kappa shape index (κ3) is 3.46. The number of likely N-dealkylation sites (tertiary alicyclic amines) is 1. The monoisotopic (exact) mass is 297 g/mol. The van der Waals surface area contributed by atoms with E-state index in [4.69, 9.17) is 0 Å². The zero-order chi connectivity index (χ0) is 15.4. The molecule has 0 aromatic rings. The molecule has 2 heterocycles. The number of fused-ring (bicyclic) bond motifs is 1. The highest BCUT2D eigenvalue weighted by molar-refractivity contribution is 5.86. The standard InChI is InChI=1S/C14H23N3O4/c1-2-3-6-10(13(19)20)16-14(21)17-7-4-5-9-11(17)8-15-12(9)18/h9-11H,2-8H2,1H3,(H,15,18)(H,16,21)(H,19,20). The number of unbranched alkanes of at least 4 members (excludes halogenated alkanes) is 1. The van der Waals surface area contributed by atoms with E-state index in [2.05, 4.69) is 10.6 Å². The fourth-order valence-electron chi connectivity index (χ4n) is 3.10. The van der Waals surface area contributed by atoms with Crippen LogP contribution in [0.2, 0.25) is 0 Å². The molecule has 3 N–H and O–H groups in total. The minimum Gasteiger partial charge on any atom is -0.480 e. The smallest absolute Gasteiger partial charge is 0.326 e. The minimum absolute atomic E-state index is 0.00160. The second kappa shape index (κ2) is 6.78. The van der Waals surface area contributed by atoms with Crippen LogP contribution >= 0.6 is 0 Å². The molecule has 0 radical (unpaired) electrons. The molecule has 0 spiro atoms. The zero-order valence-electron chi connectivity index (χ0n) is 12.3. The largest absolute Gasteiger partial charge is 0.480 e. The van der Waals surface area contributed by atoms with Crippen molar-refractivity contribution in [3.8, 4) is 0 Å². The van der Waals surface area contributed by atoms with Gasteiger partial charge >= 0.3 is 12.0 Å². The zero-order valence-corrected chi connectivity index (χ0v) is 12.3. The summed E-state index contributed by atoms with van der Waals surface area (Å²) in [6.45, 7) is 3.01. The van der Waals surface area contributed by atoms with E-state index in [0.717, 1.165) is 25.7 Å². The molecule has 2 fully saturated rings. The second-order valence-electron chi connectivity index (χ2n) is 5.74. The van der Waals surface area contributed by atoms with E-state index in [9.17, 15) is 19.5 Å². The summed E-state index contributed by atoms with van der Waals surface area (Å²) in [6.07, 6.45) is 3.62. The van der Waals surface area contributed by atoms with E-state index in [1.54, 1.807) is 4.90 Å². The predicted molar refractivity (Wildman–Crippen MR) is 75.7 cm³/mol. The van der Waals surface area contributed by atoms with Crippen LogP contribution in [0.3, 0.4) is 0 Å². The van der Waals surface area contributed by atoms with Gasteiger partial charge in [-0.2, -0.15) is 0 Å². The average Bonchev–Trinajstić information content (AvgIpc) is 2.84. The topological polar surface area (TPSA) is 98.7 Å². The van der Waals surface area contributed by atoms with Gasteiger partial charge < -0.3 is 20.6 Å². The van der Waals surface area contributed by atoms with Crippen LogP contribution in [0, 0.1) is 5.92 Å². The lowest BCUT2D eigenvalue weighted by Crippen LogP contribution is -2.55. The summed E-state index contributed by atoms with van der Waals surface area (Å²) in [7, 11) is 0. The number of urea groups is 1. The van der Waals surface area contributed by atoms with Crippen molar-refractivity contribution in [2.75, 3.05) is 13.1 Å². The molecule has 7 nitrogen and oxygen atoms in total. The van der Waals surface area contributed by atoms with Gasteiger partial charge in [-0.15, -0.1) is 0 Å². The lowest BCUT2D eigenvalue weighted by Gasteiger charge is -2.36. The maximum absolute atomic E-state index is 12.3.